The Balaban J connectivity index is 3.08. The van der Waals surface area contributed by atoms with Gasteiger partial charge in [-0.25, -0.2) is 0 Å². The summed E-state index contributed by atoms with van der Waals surface area (Å²) in [5.74, 6) is 0. The molecule has 0 atom stereocenters. The van der Waals surface area contributed by atoms with Gasteiger partial charge in [0.05, 0.1) is 12.2 Å². The molecule has 0 bridgehead atoms. The van der Waals surface area contributed by atoms with E-state index in [9.17, 15) is 13.2 Å². The summed E-state index contributed by atoms with van der Waals surface area (Å²) < 4.78 is 36.9. The summed E-state index contributed by atoms with van der Waals surface area (Å²) in [6.07, 6.45) is -4.16. The average molecular weight is 220 g/mol. The van der Waals surface area contributed by atoms with E-state index in [1.165, 1.54) is 6.07 Å². The van der Waals surface area contributed by atoms with Gasteiger partial charge in [-0.3, -0.25) is 0 Å². The van der Waals surface area contributed by atoms with Crippen LogP contribution >= 0.6 is 0 Å². The topological polar surface area (TPSA) is 40.5 Å². The maximum absolute atomic E-state index is 12.3. The van der Waals surface area contributed by atoms with Crippen molar-refractivity contribution in [1.29, 1.82) is 0 Å². The van der Waals surface area contributed by atoms with Crippen LogP contribution in [0.4, 0.5) is 13.2 Å². The minimum absolute atomic E-state index is 0.154. The van der Waals surface area contributed by atoms with E-state index in [2.05, 4.69) is 0 Å². The lowest BCUT2D eigenvalue weighted by Crippen LogP contribution is -2.07. The standard InChI is InChI=1S/C10H11F3O2/c11-10(12,13)9-2-1-7(3-4-14)8(5-9)6-15/h1-2,5,14-15H,3-4,6H2. The quantitative estimate of drug-likeness (QED) is 0.814. The molecule has 2 nitrogen and oxygen atoms in total. The molecule has 1 aromatic carbocycles. The van der Waals surface area contributed by atoms with Gasteiger partial charge < -0.3 is 10.2 Å². The monoisotopic (exact) mass is 220 g/mol. The maximum Gasteiger partial charge on any atom is 0.416 e. The third-order valence-electron chi connectivity index (χ3n) is 2.09. The molecule has 5 heteroatoms. The first-order chi connectivity index (χ1) is 6.99. The van der Waals surface area contributed by atoms with Crippen LogP contribution in [0.2, 0.25) is 0 Å². The number of halogens is 3. The van der Waals surface area contributed by atoms with Crippen LogP contribution in [0, 0.1) is 0 Å². The average Bonchev–Trinajstić information content (AvgIpc) is 2.17. The predicted octanol–water partition coefficient (Wildman–Crippen LogP) is 1.73. The molecule has 0 heterocycles. The summed E-state index contributed by atoms with van der Waals surface area (Å²) in [4.78, 5) is 0. The van der Waals surface area contributed by atoms with E-state index in [4.69, 9.17) is 10.2 Å². The van der Waals surface area contributed by atoms with E-state index in [-0.39, 0.29) is 18.6 Å². The molecule has 0 saturated carbocycles. The van der Waals surface area contributed by atoms with Crippen molar-refractivity contribution in [3.63, 3.8) is 0 Å². The van der Waals surface area contributed by atoms with Crippen molar-refractivity contribution in [2.24, 2.45) is 0 Å². The molecule has 0 radical (unpaired) electrons. The lowest BCUT2D eigenvalue weighted by molar-refractivity contribution is -0.137. The number of aliphatic hydroxyl groups excluding tert-OH is 2. The second-order valence-electron chi connectivity index (χ2n) is 3.11. The zero-order valence-corrected chi connectivity index (χ0v) is 7.88. The minimum Gasteiger partial charge on any atom is -0.396 e. The van der Waals surface area contributed by atoms with Crippen molar-refractivity contribution in [3.8, 4) is 0 Å². The Hall–Kier alpha value is -1.07. The molecule has 0 fully saturated rings. The second kappa shape index (κ2) is 4.63. The summed E-state index contributed by atoms with van der Waals surface area (Å²) in [7, 11) is 0. The smallest absolute Gasteiger partial charge is 0.396 e. The van der Waals surface area contributed by atoms with Crippen LogP contribution in [-0.2, 0) is 19.2 Å². The number of aliphatic hydroxyl groups is 2. The SMILES string of the molecule is OCCc1ccc(C(F)(F)F)cc1CO. The Bertz CT molecular complexity index is 334. The first kappa shape index (κ1) is 12.0. The highest BCUT2D eigenvalue weighted by atomic mass is 19.4. The summed E-state index contributed by atoms with van der Waals surface area (Å²) in [5, 5.41) is 17.6. The van der Waals surface area contributed by atoms with E-state index < -0.39 is 18.3 Å². The summed E-state index contributed by atoms with van der Waals surface area (Å²) in [5.41, 5.74) is -0.0416. The van der Waals surface area contributed by atoms with Gasteiger partial charge >= 0.3 is 6.18 Å². The number of hydrogen-bond donors (Lipinski definition) is 2. The highest BCUT2D eigenvalue weighted by Gasteiger charge is 2.30. The molecule has 0 aromatic heterocycles. The highest BCUT2D eigenvalue weighted by Crippen LogP contribution is 2.30. The van der Waals surface area contributed by atoms with Crippen LogP contribution in [0.3, 0.4) is 0 Å². The molecule has 0 aliphatic heterocycles. The lowest BCUT2D eigenvalue weighted by atomic mass is 10.0. The maximum atomic E-state index is 12.3. The number of alkyl halides is 3. The predicted molar refractivity (Wildman–Crippen MR) is 48.2 cm³/mol. The van der Waals surface area contributed by atoms with Crippen molar-refractivity contribution in [3.05, 3.63) is 34.9 Å². The van der Waals surface area contributed by atoms with Gasteiger partial charge in [0, 0.05) is 6.61 Å². The molecular weight excluding hydrogens is 209 g/mol. The minimum atomic E-state index is -4.40. The van der Waals surface area contributed by atoms with E-state index in [0.29, 0.717) is 5.56 Å². The highest BCUT2D eigenvalue weighted by molar-refractivity contribution is 5.33. The third-order valence-corrected chi connectivity index (χ3v) is 2.09. The fourth-order valence-corrected chi connectivity index (χ4v) is 1.31. The van der Waals surface area contributed by atoms with E-state index in [1.807, 2.05) is 0 Å². The van der Waals surface area contributed by atoms with Crippen LogP contribution in [0.15, 0.2) is 18.2 Å². The zero-order chi connectivity index (χ0) is 11.5. The number of rotatable bonds is 3. The molecule has 1 aromatic rings. The van der Waals surface area contributed by atoms with Gasteiger partial charge in [-0.15, -0.1) is 0 Å². The van der Waals surface area contributed by atoms with Crippen molar-refractivity contribution in [2.75, 3.05) is 6.61 Å². The molecule has 0 unspecified atom stereocenters. The fourth-order valence-electron chi connectivity index (χ4n) is 1.31. The summed E-state index contributed by atoms with van der Waals surface area (Å²) >= 11 is 0. The largest absolute Gasteiger partial charge is 0.416 e. The van der Waals surface area contributed by atoms with Crippen LogP contribution in [0.5, 0.6) is 0 Å². The van der Waals surface area contributed by atoms with Crippen molar-refractivity contribution < 1.29 is 23.4 Å². The third kappa shape index (κ3) is 2.94. The zero-order valence-electron chi connectivity index (χ0n) is 7.88. The fraction of sp³-hybridized carbons (Fsp3) is 0.400. The summed E-state index contributed by atoms with van der Waals surface area (Å²) in [6, 6.07) is 3.14. The van der Waals surface area contributed by atoms with Crippen LogP contribution < -0.4 is 0 Å². The molecule has 15 heavy (non-hydrogen) atoms. The van der Waals surface area contributed by atoms with Crippen molar-refractivity contribution in [2.45, 2.75) is 19.2 Å². The lowest BCUT2D eigenvalue weighted by Gasteiger charge is -2.11. The van der Waals surface area contributed by atoms with Gasteiger partial charge in [0.1, 0.15) is 0 Å². The molecule has 2 N–H and O–H groups in total. The van der Waals surface area contributed by atoms with Crippen molar-refractivity contribution >= 4 is 0 Å². The van der Waals surface area contributed by atoms with Gasteiger partial charge in [0.2, 0.25) is 0 Å². The molecule has 0 saturated heterocycles. The summed E-state index contributed by atoms with van der Waals surface area (Å²) in [6.45, 7) is -0.613. The molecule has 0 aliphatic carbocycles. The number of benzene rings is 1. The van der Waals surface area contributed by atoms with E-state index in [0.717, 1.165) is 12.1 Å². The van der Waals surface area contributed by atoms with Gasteiger partial charge in [-0.1, -0.05) is 6.07 Å². The molecular formula is C10H11F3O2. The first-order valence-electron chi connectivity index (χ1n) is 4.39. The second-order valence-corrected chi connectivity index (χ2v) is 3.11. The van der Waals surface area contributed by atoms with Gasteiger partial charge in [-0.2, -0.15) is 13.2 Å². The van der Waals surface area contributed by atoms with Crippen LogP contribution in [0.25, 0.3) is 0 Å². The van der Waals surface area contributed by atoms with E-state index >= 15 is 0 Å². The normalized spacial score (nSPS) is 11.8. The van der Waals surface area contributed by atoms with Crippen LogP contribution in [-0.4, -0.2) is 16.8 Å². The van der Waals surface area contributed by atoms with Crippen LogP contribution in [0.1, 0.15) is 16.7 Å². The molecule has 0 spiro atoms. The van der Waals surface area contributed by atoms with Gasteiger partial charge in [0.15, 0.2) is 0 Å². The number of hydrogen-bond acceptors (Lipinski definition) is 2. The Labute approximate surface area is 85.0 Å². The van der Waals surface area contributed by atoms with Gasteiger partial charge in [-0.05, 0) is 29.7 Å². The molecule has 0 aliphatic rings. The van der Waals surface area contributed by atoms with E-state index in [1.54, 1.807) is 0 Å². The van der Waals surface area contributed by atoms with Crippen molar-refractivity contribution in [1.82, 2.24) is 0 Å². The molecule has 0 amide bonds. The Kier molecular flexibility index (Phi) is 3.71. The molecule has 1 rings (SSSR count). The Morgan fingerprint density at radius 2 is 1.73 bits per heavy atom. The Morgan fingerprint density at radius 3 is 2.20 bits per heavy atom. The molecule has 84 valence electrons. The Morgan fingerprint density at radius 1 is 1.07 bits per heavy atom. The first-order valence-corrected chi connectivity index (χ1v) is 4.39. The van der Waals surface area contributed by atoms with Gasteiger partial charge in [0.25, 0.3) is 0 Å².